The minimum Gasteiger partial charge on any atom is -0.496 e. The Morgan fingerprint density at radius 2 is 2.04 bits per heavy atom. The van der Waals surface area contributed by atoms with E-state index in [-0.39, 0.29) is 11.5 Å². The summed E-state index contributed by atoms with van der Waals surface area (Å²) in [4.78, 5) is 24.6. The molecule has 3 rings (SSSR count). The van der Waals surface area contributed by atoms with Crippen LogP contribution < -0.4 is 15.6 Å². The number of benzene rings is 1. The summed E-state index contributed by atoms with van der Waals surface area (Å²) in [7, 11) is 1.61. The van der Waals surface area contributed by atoms with Gasteiger partial charge in [0.1, 0.15) is 17.5 Å². The molecule has 1 N–H and O–H groups in total. The molecule has 0 aliphatic heterocycles. The van der Waals surface area contributed by atoms with Gasteiger partial charge in [-0.3, -0.25) is 9.59 Å². The number of aromatic nitrogens is 2. The molecule has 0 fully saturated rings. The number of rotatable bonds is 7. The predicted molar refractivity (Wildman–Crippen MR) is 101 cm³/mol. The quantitative estimate of drug-likeness (QED) is 0.693. The van der Waals surface area contributed by atoms with Crippen molar-refractivity contribution in [2.24, 2.45) is 0 Å². The molecule has 1 amide bonds. The number of methoxy groups -OCH3 is 1. The second-order valence-corrected chi connectivity index (χ2v) is 6.01. The molecule has 2 aromatic heterocycles. The standard InChI is InChI=1S/C20H21N3O4/c1-14(20(25)21-12-11-15-6-3-4-7-17(15)26-2)23-19(24)10-9-16(22-23)18-8-5-13-27-18/h3-10,13-14H,11-12H2,1-2H3,(H,21,25). The third kappa shape index (κ3) is 4.25. The molecule has 1 aromatic carbocycles. The van der Waals surface area contributed by atoms with Gasteiger partial charge in [-0.05, 0) is 43.2 Å². The van der Waals surface area contributed by atoms with Gasteiger partial charge >= 0.3 is 0 Å². The first-order valence-electron chi connectivity index (χ1n) is 8.63. The van der Waals surface area contributed by atoms with E-state index in [2.05, 4.69) is 10.4 Å². The lowest BCUT2D eigenvalue weighted by atomic mass is 10.1. The molecule has 0 saturated carbocycles. The van der Waals surface area contributed by atoms with Crippen LogP contribution in [0.3, 0.4) is 0 Å². The zero-order valence-electron chi connectivity index (χ0n) is 15.2. The van der Waals surface area contributed by atoms with E-state index in [1.165, 1.54) is 12.3 Å². The Morgan fingerprint density at radius 3 is 2.78 bits per heavy atom. The van der Waals surface area contributed by atoms with Crippen LogP contribution in [0.5, 0.6) is 5.75 Å². The fourth-order valence-corrected chi connectivity index (χ4v) is 2.75. The van der Waals surface area contributed by atoms with E-state index < -0.39 is 6.04 Å². The summed E-state index contributed by atoms with van der Waals surface area (Å²) in [5, 5.41) is 7.10. The van der Waals surface area contributed by atoms with Gasteiger partial charge < -0.3 is 14.5 Å². The van der Waals surface area contributed by atoms with Crippen LogP contribution in [0.25, 0.3) is 11.5 Å². The molecular weight excluding hydrogens is 346 g/mol. The lowest BCUT2D eigenvalue weighted by molar-refractivity contribution is -0.124. The highest BCUT2D eigenvalue weighted by molar-refractivity contribution is 5.79. The van der Waals surface area contributed by atoms with Gasteiger partial charge in [0, 0.05) is 12.6 Å². The van der Waals surface area contributed by atoms with Crippen molar-refractivity contribution >= 4 is 5.91 Å². The van der Waals surface area contributed by atoms with Crippen LogP contribution in [0.2, 0.25) is 0 Å². The van der Waals surface area contributed by atoms with E-state index >= 15 is 0 Å². The van der Waals surface area contributed by atoms with Gasteiger partial charge in [0.2, 0.25) is 5.91 Å². The summed E-state index contributed by atoms with van der Waals surface area (Å²) in [6, 6.07) is 13.3. The summed E-state index contributed by atoms with van der Waals surface area (Å²) in [6.07, 6.45) is 2.15. The lowest BCUT2D eigenvalue weighted by Gasteiger charge is -2.15. The third-order valence-corrected chi connectivity index (χ3v) is 4.23. The Hall–Kier alpha value is -3.35. The average molecular weight is 367 g/mol. The van der Waals surface area contributed by atoms with E-state index in [1.807, 2.05) is 24.3 Å². The number of furan rings is 1. The zero-order chi connectivity index (χ0) is 19.2. The minimum atomic E-state index is -0.745. The van der Waals surface area contributed by atoms with Crippen molar-refractivity contribution in [3.05, 3.63) is 70.7 Å². The first kappa shape index (κ1) is 18.4. The van der Waals surface area contributed by atoms with Crippen molar-refractivity contribution in [3.63, 3.8) is 0 Å². The average Bonchev–Trinajstić information content (AvgIpc) is 3.23. The number of amides is 1. The fraction of sp³-hybridized carbons (Fsp3) is 0.250. The number of hydrogen-bond acceptors (Lipinski definition) is 5. The fourth-order valence-electron chi connectivity index (χ4n) is 2.75. The van der Waals surface area contributed by atoms with Gasteiger partial charge in [0.15, 0.2) is 5.76 Å². The van der Waals surface area contributed by atoms with Crippen LogP contribution in [0.4, 0.5) is 0 Å². The van der Waals surface area contributed by atoms with Crippen LogP contribution in [-0.2, 0) is 11.2 Å². The van der Waals surface area contributed by atoms with E-state index in [9.17, 15) is 9.59 Å². The normalized spacial score (nSPS) is 11.8. The van der Waals surface area contributed by atoms with Gasteiger partial charge in [-0.15, -0.1) is 0 Å². The third-order valence-electron chi connectivity index (χ3n) is 4.23. The Labute approximate surface area is 156 Å². The summed E-state index contributed by atoms with van der Waals surface area (Å²) in [5.74, 6) is 1.03. The molecule has 0 aliphatic rings. The summed E-state index contributed by atoms with van der Waals surface area (Å²) in [5.41, 5.74) is 1.15. The van der Waals surface area contributed by atoms with Crippen LogP contribution in [0.15, 0.2) is 64.0 Å². The molecule has 27 heavy (non-hydrogen) atoms. The highest BCUT2D eigenvalue weighted by Gasteiger charge is 2.18. The number of ether oxygens (including phenoxy) is 1. The highest BCUT2D eigenvalue weighted by Crippen LogP contribution is 2.18. The molecule has 7 nitrogen and oxygen atoms in total. The maximum atomic E-state index is 12.5. The van der Waals surface area contributed by atoms with Gasteiger partial charge in [-0.1, -0.05) is 18.2 Å². The molecular formula is C20H21N3O4. The van der Waals surface area contributed by atoms with Crippen LogP contribution in [0, 0.1) is 0 Å². The molecule has 0 aliphatic carbocycles. The summed E-state index contributed by atoms with van der Waals surface area (Å²) < 4.78 is 11.8. The number of carbonyl (C=O) groups excluding carboxylic acids is 1. The van der Waals surface area contributed by atoms with Crippen molar-refractivity contribution in [3.8, 4) is 17.2 Å². The first-order valence-corrected chi connectivity index (χ1v) is 8.63. The van der Waals surface area contributed by atoms with Crippen LogP contribution in [-0.4, -0.2) is 29.3 Å². The molecule has 7 heteroatoms. The highest BCUT2D eigenvalue weighted by atomic mass is 16.5. The van der Waals surface area contributed by atoms with E-state index in [0.717, 1.165) is 16.0 Å². The first-order chi connectivity index (χ1) is 13.1. The molecule has 0 bridgehead atoms. The minimum absolute atomic E-state index is 0.281. The molecule has 0 spiro atoms. The number of para-hydroxylation sites is 1. The Kier molecular flexibility index (Phi) is 5.71. The predicted octanol–water partition coefficient (Wildman–Crippen LogP) is 2.43. The zero-order valence-corrected chi connectivity index (χ0v) is 15.2. The van der Waals surface area contributed by atoms with E-state index in [0.29, 0.717) is 24.4 Å². The van der Waals surface area contributed by atoms with Gasteiger partial charge in [0.25, 0.3) is 5.56 Å². The maximum absolute atomic E-state index is 12.5. The molecule has 1 atom stereocenters. The number of nitrogens with one attached hydrogen (secondary N) is 1. The van der Waals surface area contributed by atoms with Crippen molar-refractivity contribution < 1.29 is 13.9 Å². The number of carbonyl (C=O) groups is 1. The molecule has 3 aromatic rings. The van der Waals surface area contributed by atoms with Crippen LogP contribution in [0.1, 0.15) is 18.5 Å². The SMILES string of the molecule is COc1ccccc1CCNC(=O)C(C)n1nc(-c2ccco2)ccc1=O. The van der Waals surface area contributed by atoms with Crippen molar-refractivity contribution in [2.75, 3.05) is 13.7 Å². The smallest absolute Gasteiger partial charge is 0.267 e. The number of nitrogens with zero attached hydrogens (tertiary/aromatic N) is 2. The molecule has 0 saturated heterocycles. The Bertz CT molecular complexity index is 963. The largest absolute Gasteiger partial charge is 0.496 e. The van der Waals surface area contributed by atoms with Gasteiger partial charge in [-0.2, -0.15) is 5.10 Å². The van der Waals surface area contributed by atoms with Crippen molar-refractivity contribution in [1.82, 2.24) is 15.1 Å². The van der Waals surface area contributed by atoms with E-state index in [4.69, 9.17) is 9.15 Å². The topological polar surface area (TPSA) is 86.4 Å². The van der Waals surface area contributed by atoms with Gasteiger partial charge in [0.05, 0.1) is 13.4 Å². The summed E-state index contributed by atoms with van der Waals surface area (Å²) >= 11 is 0. The molecule has 140 valence electrons. The Morgan fingerprint density at radius 1 is 1.22 bits per heavy atom. The summed E-state index contributed by atoms with van der Waals surface area (Å²) in [6.45, 7) is 2.06. The van der Waals surface area contributed by atoms with E-state index in [1.54, 1.807) is 32.2 Å². The molecule has 0 radical (unpaired) electrons. The molecule has 1 unspecified atom stereocenters. The van der Waals surface area contributed by atoms with Crippen molar-refractivity contribution in [2.45, 2.75) is 19.4 Å². The Balaban J connectivity index is 1.67. The number of hydrogen-bond donors (Lipinski definition) is 1. The molecule has 2 heterocycles. The maximum Gasteiger partial charge on any atom is 0.267 e. The monoisotopic (exact) mass is 367 g/mol. The second-order valence-electron chi connectivity index (χ2n) is 6.01. The second kappa shape index (κ2) is 8.35. The van der Waals surface area contributed by atoms with Crippen LogP contribution >= 0.6 is 0 Å². The van der Waals surface area contributed by atoms with Gasteiger partial charge in [-0.25, -0.2) is 4.68 Å². The van der Waals surface area contributed by atoms with Crippen molar-refractivity contribution in [1.29, 1.82) is 0 Å². The lowest BCUT2D eigenvalue weighted by Crippen LogP contribution is -2.37.